The molecule has 24 nitrogen and oxygen atoms in total. The molecule has 4 amide bonds. The van der Waals surface area contributed by atoms with E-state index in [0.717, 1.165) is 22.3 Å². The van der Waals surface area contributed by atoms with E-state index in [9.17, 15) is 43.5 Å². The Morgan fingerprint density at radius 2 is 0.922 bits per heavy atom. The van der Waals surface area contributed by atoms with Gasteiger partial charge in [-0.15, -0.1) is 0 Å². The number of amides is 4. The first-order chi connectivity index (χ1) is 42.6. The van der Waals surface area contributed by atoms with Gasteiger partial charge in [0.05, 0.1) is 117 Å². The molecule has 0 radical (unpaired) electrons. The van der Waals surface area contributed by atoms with Crippen molar-refractivity contribution in [3.63, 3.8) is 0 Å². The molecule has 0 saturated carbocycles. The maximum absolute atomic E-state index is 13.9. The quantitative estimate of drug-likeness (QED) is 0.0278. The number of carbonyl (C=O) groups excluding carboxylic acids is 8. The minimum absolute atomic E-state index is 0. The van der Waals surface area contributed by atoms with Gasteiger partial charge in [0.15, 0.2) is 40.3 Å². The van der Waals surface area contributed by atoms with Crippen LogP contribution in [0.15, 0.2) is 97.1 Å². The van der Waals surface area contributed by atoms with Crippen molar-refractivity contribution in [1.29, 1.82) is 0 Å². The van der Waals surface area contributed by atoms with Crippen LogP contribution in [0.25, 0.3) is 0 Å². The van der Waals surface area contributed by atoms with Crippen LogP contribution in [0.4, 0.5) is 0 Å². The summed E-state index contributed by atoms with van der Waals surface area (Å²) in [6.07, 6.45) is 1.03. The van der Waals surface area contributed by atoms with Crippen molar-refractivity contribution < 1.29 is 133 Å². The molecule has 0 bridgehead atoms. The van der Waals surface area contributed by atoms with Crippen molar-refractivity contribution >= 4 is 46.9 Å². The average Bonchev–Trinajstić information content (AvgIpc) is 1.74. The number of carboxylic acid groups (broad SMARTS) is 1. The topological polar surface area (TPSA) is 321 Å². The van der Waals surface area contributed by atoms with Crippen LogP contribution in [0.1, 0.15) is 56.4 Å². The Morgan fingerprint density at radius 1 is 0.533 bits per heavy atom. The molecular formula is C65H86KN7O17. The smallest absolute Gasteiger partial charge is 0.548 e. The number of Topliss-reactive ketones (excluding diaryl/α,β-unsaturated/α-hetero) is 3. The molecule has 4 aliphatic heterocycles. The van der Waals surface area contributed by atoms with Crippen molar-refractivity contribution in [2.24, 2.45) is 11.7 Å². The minimum Gasteiger partial charge on any atom is -0.548 e. The van der Waals surface area contributed by atoms with E-state index in [2.05, 4.69) is 21.3 Å². The first-order valence-corrected chi connectivity index (χ1v) is 29.7. The summed E-state index contributed by atoms with van der Waals surface area (Å²) in [5.41, 5.74) is 7.80. The van der Waals surface area contributed by atoms with Crippen molar-refractivity contribution in [1.82, 2.24) is 31.1 Å². The molecule has 4 saturated heterocycles. The Hall–Kier alpha value is -6.20. The molecule has 4 aromatic rings. The predicted molar refractivity (Wildman–Crippen MR) is 325 cm³/mol. The molecule has 4 aromatic carbocycles. The first kappa shape index (κ1) is 74.5. The van der Waals surface area contributed by atoms with Crippen molar-refractivity contribution in [2.45, 2.75) is 101 Å². The van der Waals surface area contributed by atoms with Crippen molar-refractivity contribution in [2.75, 3.05) is 107 Å². The second-order valence-corrected chi connectivity index (χ2v) is 22.7. The number of morpholine rings is 2. The van der Waals surface area contributed by atoms with Gasteiger partial charge in [-0.05, 0) is 99.9 Å². The number of ketones is 3. The Kier molecular flexibility index (Phi) is 30.4. The second-order valence-electron chi connectivity index (χ2n) is 22.7. The maximum Gasteiger partial charge on any atom is 1.00 e. The van der Waals surface area contributed by atoms with Gasteiger partial charge in [-0.2, -0.15) is 0 Å². The van der Waals surface area contributed by atoms with E-state index in [1.807, 2.05) is 82.6 Å². The number of carboxylic acids is 1. The number of hydrogen-bond donors (Lipinski definition) is 5. The van der Waals surface area contributed by atoms with Gasteiger partial charge in [0, 0.05) is 38.5 Å². The molecule has 0 aromatic heterocycles. The molecule has 0 aliphatic carbocycles. The monoisotopic (exact) mass is 1280 g/mol. The van der Waals surface area contributed by atoms with Gasteiger partial charge < -0.3 is 74.8 Å². The van der Waals surface area contributed by atoms with E-state index in [1.165, 1.54) is 21.1 Å². The predicted octanol–water partition coefficient (Wildman–Crippen LogP) is -2.02. The largest absolute Gasteiger partial charge is 1.00 e. The number of nitrogens with one attached hydrogen (secondary N) is 4. The molecule has 4 heterocycles. The summed E-state index contributed by atoms with van der Waals surface area (Å²) in [5, 5.41) is 21.3. The molecule has 6 N–H and O–H groups in total. The number of ether oxygens (including phenoxy) is 8. The number of nitrogens with zero attached hydrogens (tertiary/aromatic N) is 2. The van der Waals surface area contributed by atoms with Gasteiger partial charge in [-0.25, -0.2) is 0 Å². The number of aliphatic carboxylic acids is 1. The Balaban J connectivity index is 0.000000275. The van der Waals surface area contributed by atoms with Crippen LogP contribution in [0.3, 0.4) is 0 Å². The number of rotatable bonds is 30. The Labute approximate surface area is 569 Å². The van der Waals surface area contributed by atoms with E-state index < -0.39 is 59.2 Å². The molecule has 4 aliphatic rings. The van der Waals surface area contributed by atoms with Crippen LogP contribution in [-0.4, -0.2) is 206 Å². The van der Waals surface area contributed by atoms with Crippen molar-refractivity contribution in [3.05, 3.63) is 119 Å². The number of benzene rings is 4. The average molecular weight is 1280 g/mol. The number of epoxide rings is 2. The van der Waals surface area contributed by atoms with E-state index in [0.29, 0.717) is 102 Å². The van der Waals surface area contributed by atoms with E-state index >= 15 is 0 Å². The molecule has 25 heteroatoms. The Morgan fingerprint density at radius 3 is 1.31 bits per heavy atom. The zero-order chi connectivity index (χ0) is 64.7. The third-order valence-corrected chi connectivity index (χ3v) is 15.6. The molecule has 4 fully saturated rings. The van der Waals surface area contributed by atoms with Gasteiger partial charge in [-0.3, -0.25) is 43.4 Å². The third-order valence-electron chi connectivity index (χ3n) is 15.6. The maximum atomic E-state index is 13.9. The zero-order valence-corrected chi connectivity index (χ0v) is 56.3. The summed E-state index contributed by atoms with van der Waals surface area (Å²) >= 11 is 0. The molecular weight excluding hydrogens is 1190 g/mol. The normalized spacial score (nSPS) is 19.6. The molecule has 8 atom stereocenters. The van der Waals surface area contributed by atoms with Crippen LogP contribution in [0.2, 0.25) is 0 Å². The number of nitrogens with two attached hydrogens (primary N) is 1. The number of carbonyl (C=O) groups is 8. The number of hydrogen-bond acceptors (Lipinski definition) is 20. The number of methoxy groups -OCH3 is 4. The van der Waals surface area contributed by atoms with Crippen LogP contribution in [0, 0.1) is 5.92 Å². The van der Waals surface area contributed by atoms with Gasteiger partial charge in [-0.1, -0.05) is 72.8 Å². The first-order valence-electron chi connectivity index (χ1n) is 29.7. The molecule has 484 valence electrons. The fraction of sp³-hybridized carbons (Fsp3) is 0.508. The summed E-state index contributed by atoms with van der Waals surface area (Å²) in [7, 11) is 6.17. The summed E-state index contributed by atoms with van der Waals surface area (Å²) < 4.78 is 42.5. The molecule has 0 unspecified atom stereocenters. The van der Waals surface area contributed by atoms with E-state index in [4.69, 9.17) is 43.6 Å². The molecule has 90 heavy (non-hydrogen) atoms. The summed E-state index contributed by atoms with van der Waals surface area (Å²) in [4.78, 5) is 105. The SMILES string of the molecule is COc1ccc(C[C@H](CC(=O)[C@H](C)NC(=O)CN2CCOCC2)C(=O)N[C@@H](Cc2ccccc2)C(=O)[C@@]2(C)CO2)cc1OC.COc1ccc(C[C@H](N)C(=O)N[C@@H](Cc2ccccc2)C(=O)[C@@]2(C)CO2)cc1OC.C[C@H](NC(=O)CN1CCOCC1)C(=O)[O-].[K+]. The second kappa shape index (κ2) is 36.7. The minimum atomic E-state index is -1.27. The van der Waals surface area contributed by atoms with Crippen LogP contribution in [-0.2, 0) is 83.0 Å². The standard InChI is InChI=1S/C33H43N3O8.C23H28N2O5.C9H16N2O4.K/c1-22(34-30(38)20-36-12-14-43-15-13-36)27(37)19-25(16-24-10-11-28(41-3)29(18-24)42-4)32(40)35-26(31(39)33(2)21-44-33)17-23-8-6-5-7-9-23;1-23(14-30-23)21(26)18(12-15-7-5-4-6-8-15)25-22(27)17(24)11-16-9-10-19(28-2)20(13-16)29-3;1-7(9(13)14)10-8(12)6-11-2-4-15-5-3-11;/h5-11,18,22,25-26H,12-17,19-21H2,1-4H3,(H,34,38)(H,35,40);4-10,13,17-18H,11-12,14,24H2,1-3H3,(H,25,27);7H,2-6H2,1H3,(H,10,12)(H,13,14);/q;;;+1/p-1/t22-,25+,26-,33+;17-,18-,23+;7-;/m000./s1. The zero-order valence-electron chi connectivity index (χ0n) is 53.1. The Bertz CT molecular complexity index is 3010. The summed E-state index contributed by atoms with van der Waals surface area (Å²) in [6, 6.07) is 25.6. The van der Waals surface area contributed by atoms with Gasteiger partial charge in [0.2, 0.25) is 23.6 Å². The summed E-state index contributed by atoms with van der Waals surface area (Å²) in [5.74, 6) is -1.91. The third kappa shape index (κ3) is 23.8. The van der Waals surface area contributed by atoms with Crippen molar-refractivity contribution in [3.8, 4) is 23.0 Å². The van der Waals surface area contributed by atoms with Crippen LogP contribution in [0.5, 0.6) is 23.0 Å². The molecule has 0 spiro atoms. The van der Waals surface area contributed by atoms with Gasteiger partial charge in [0.25, 0.3) is 0 Å². The van der Waals surface area contributed by atoms with Gasteiger partial charge >= 0.3 is 51.4 Å². The summed E-state index contributed by atoms with van der Waals surface area (Å²) in [6.45, 7) is 12.5. The molecule has 8 rings (SSSR count). The van der Waals surface area contributed by atoms with Crippen LogP contribution < -0.4 is 102 Å². The fourth-order valence-electron chi connectivity index (χ4n) is 9.89. The van der Waals surface area contributed by atoms with Gasteiger partial charge in [0.1, 0.15) is 11.2 Å². The fourth-order valence-corrected chi connectivity index (χ4v) is 9.89. The van der Waals surface area contributed by atoms with Crippen LogP contribution >= 0.6 is 0 Å². The van der Waals surface area contributed by atoms with E-state index in [1.54, 1.807) is 59.3 Å². The van der Waals surface area contributed by atoms with E-state index in [-0.39, 0.29) is 119 Å².